The fraction of sp³-hybridized carbons (Fsp3) is 0.471. The Kier molecular flexibility index (Phi) is 6.52. The number of non-ortho nitro benzene ring substituents is 1. The number of unbranched alkanes of at least 4 members (excludes halogenated alkanes) is 4. The van der Waals surface area contributed by atoms with Crippen molar-refractivity contribution in [2.24, 2.45) is 4.99 Å². The number of nitro benzene ring substituents is 1. The lowest BCUT2D eigenvalue weighted by Crippen LogP contribution is -2.13. The molecule has 0 aliphatic rings. The lowest BCUT2D eigenvalue weighted by molar-refractivity contribution is -0.384. The van der Waals surface area contributed by atoms with Crippen molar-refractivity contribution in [3.63, 3.8) is 0 Å². The van der Waals surface area contributed by atoms with Crippen LogP contribution in [0.1, 0.15) is 44.6 Å². The van der Waals surface area contributed by atoms with E-state index in [0.29, 0.717) is 0 Å². The molecule has 1 aromatic heterocycles. The molecule has 5 nitrogen and oxygen atoms in total. The third-order valence-corrected chi connectivity index (χ3v) is 4.56. The second-order valence-electron chi connectivity index (χ2n) is 5.63. The average molecular weight is 333 g/mol. The Balaban J connectivity index is 2.11. The molecule has 1 aromatic carbocycles. The molecule has 0 atom stereocenters. The monoisotopic (exact) mass is 333 g/mol. The molecule has 0 amide bonds. The fourth-order valence-electron chi connectivity index (χ4n) is 2.42. The molecule has 0 spiro atoms. The van der Waals surface area contributed by atoms with Gasteiger partial charge in [-0.25, -0.2) is 4.99 Å². The van der Waals surface area contributed by atoms with Crippen LogP contribution in [0.2, 0.25) is 0 Å². The number of hydrogen-bond acceptors (Lipinski definition) is 4. The molecule has 6 heteroatoms. The summed E-state index contributed by atoms with van der Waals surface area (Å²) in [4.78, 5) is 16.0. The molecule has 23 heavy (non-hydrogen) atoms. The largest absolute Gasteiger partial charge is 0.324 e. The smallest absolute Gasteiger partial charge is 0.269 e. The predicted molar refractivity (Wildman–Crippen MR) is 94.1 cm³/mol. The molecule has 0 aliphatic heterocycles. The number of nitro groups is 1. The Morgan fingerprint density at radius 2 is 2.04 bits per heavy atom. The number of thiazole rings is 1. The first kappa shape index (κ1) is 17.4. The van der Waals surface area contributed by atoms with Crippen molar-refractivity contribution in [2.45, 2.75) is 52.5 Å². The van der Waals surface area contributed by atoms with Crippen LogP contribution in [0.25, 0.3) is 0 Å². The van der Waals surface area contributed by atoms with E-state index in [9.17, 15) is 10.1 Å². The molecule has 0 fully saturated rings. The molecule has 0 saturated carbocycles. The van der Waals surface area contributed by atoms with Crippen LogP contribution >= 0.6 is 11.3 Å². The van der Waals surface area contributed by atoms with Crippen molar-refractivity contribution in [1.29, 1.82) is 0 Å². The molecule has 0 saturated heterocycles. The maximum atomic E-state index is 10.8. The highest BCUT2D eigenvalue weighted by atomic mass is 32.1. The zero-order valence-electron chi connectivity index (χ0n) is 13.7. The normalized spacial score (nSPS) is 11.8. The number of hydrogen-bond donors (Lipinski definition) is 0. The van der Waals surface area contributed by atoms with Crippen molar-refractivity contribution in [1.82, 2.24) is 4.57 Å². The molecule has 0 bridgehead atoms. The van der Waals surface area contributed by atoms with E-state index in [2.05, 4.69) is 22.7 Å². The maximum absolute atomic E-state index is 10.8. The van der Waals surface area contributed by atoms with Gasteiger partial charge in [-0.3, -0.25) is 10.1 Å². The third kappa shape index (κ3) is 5.03. The Hall–Kier alpha value is -1.95. The van der Waals surface area contributed by atoms with Gasteiger partial charge in [0.25, 0.3) is 5.69 Å². The molecule has 0 N–H and O–H groups in total. The van der Waals surface area contributed by atoms with Crippen LogP contribution in [0, 0.1) is 17.0 Å². The lowest BCUT2D eigenvalue weighted by atomic mass is 10.1. The van der Waals surface area contributed by atoms with Crippen LogP contribution in [0.15, 0.2) is 34.8 Å². The van der Waals surface area contributed by atoms with Gasteiger partial charge in [-0.2, -0.15) is 0 Å². The van der Waals surface area contributed by atoms with Gasteiger partial charge in [0.05, 0.1) is 10.6 Å². The summed E-state index contributed by atoms with van der Waals surface area (Å²) in [6.45, 7) is 5.05. The van der Waals surface area contributed by atoms with E-state index >= 15 is 0 Å². The van der Waals surface area contributed by atoms with Crippen molar-refractivity contribution < 1.29 is 4.92 Å². The van der Waals surface area contributed by atoms with Crippen LogP contribution in [0.3, 0.4) is 0 Å². The molecular formula is C17H23N3O2S. The first-order chi connectivity index (χ1) is 11.1. The zero-order chi connectivity index (χ0) is 16.7. The summed E-state index contributed by atoms with van der Waals surface area (Å²) in [5, 5.41) is 12.8. The van der Waals surface area contributed by atoms with Gasteiger partial charge in [-0.15, -0.1) is 11.3 Å². The van der Waals surface area contributed by atoms with Gasteiger partial charge in [-0.05, 0) is 25.0 Å². The van der Waals surface area contributed by atoms with Gasteiger partial charge in [0.15, 0.2) is 4.80 Å². The van der Waals surface area contributed by atoms with Crippen molar-refractivity contribution in [2.75, 3.05) is 0 Å². The molecule has 2 rings (SSSR count). The average Bonchev–Trinajstić information content (AvgIpc) is 2.96. The minimum absolute atomic E-state index is 0.108. The highest BCUT2D eigenvalue weighted by Gasteiger charge is 2.07. The van der Waals surface area contributed by atoms with Crippen LogP contribution < -0.4 is 4.80 Å². The summed E-state index contributed by atoms with van der Waals surface area (Å²) in [6.07, 6.45) is 8.30. The summed E-state index contributed by atoms with van der Waals surface area (Å²) in [6, 6.07) is 4.80. The third-order valence-electron chi connectivity index (χ3n) is 3.77. The first-order valence-corrected chi connectivity index (χ1v) is 8.93. The Morgan fingerprint density at radius 3 is 2.74 bits per heavy atom. The van der Waals surface area contributed by atoms with Gasteiger partial charge in [0, 0.05) is 30.3 Å². The van der Waals surface area contributed by atoms with Gasteiger partial charge in [0.1, 0.15) is 0 Å². The maximum Gasteiger partial charge on any atom is 0.269 e. The molecular weight excluding hydrogens is 310 g/mol. The molecule has 124 valence electrons. The topological polar surface area (TPSA) is 60.4 Å². The molecule has 2 aromatic rings. The van der Waals surface area contributed by atoms with Crippen LogP contribution in [0.5, 0.6) is 0 Å². The van der Waals surface area contributed by atoms with Gasteiger partial charge in [-0.1, -0.05) is 32.6 Å². The van der Waals surface area contributed by atoms with E-state index in [-0.39, 0.29) is 10.6 Å². The SMILES string of the molecule is CCCCCCCn1ccsc1=Nc1ccc([N+](=O)[O-])cc1C. The Labute approximate surface area is 140 Å². The van der Waals surface area contributed by atoms with Crippen LogP contribution in [-0.4, -0.2) is 9.49 Å². The quantitative estimate of drug-likeness (QED) is 0.389. The number of nitrogens with zero attached hydrogens (tertiary/aromatic N) is 3. The minimum atomic E-state index is -0.377. The summed E-state index contributed by atoms with van der Waals surface area (Å²) in [5.74, 6) is 0. The van der Waals surface area contributed by atoms with E-state index in [1.807, 2.05) is 12.3 Å². The minimum Gasteiger partial charge on any atom is -0.324 e. The molecule has 0 unspecified atom stereocenters. The van der Waals surface area contributed by atoms with Crippen LogP contribution in [-0.2, 0) is 6.54 Å². The molecule has 1 heterocycles. The van der Waals surface area contributed by atoms with E-state index in [0.717, 1.165) is 29.0 Å². The zero-order valence-corrected chi connectivity index (χ0v) is 14.5. The highest BCUT2D eigenvalue weighted by molar-refractivity contribution is 7.07. The first-order valence-electron chi connectivity index (χ1n) is 8.05. The Morgan fingerprint density at radius 1 is 1.26 bits per heavy atom. The van der Waals surface area contributed by atoms with Gasteiger partial charge < -0.3 is 4.57 Å². The predicted octanol–water partition coefficient (Wildman–Crippen LogP) is 4.97. The summed E-state index contributed by atoms with van der Waals surface area (Å²) < 4.78 is 2.16. The lowest BCUT2D eigenvalue weighted by Gasteiger charge is -2.04. The summed E-state index contributed by atoms with van der Waals surface area (Å²) in [7, 11) is 0. The number of benzene rings is 1. The highest BCUT2D eigenvalue weighted by Crippen LogP contribution is 2.23. The van der Waals surface area contributed by atoms with Gasteiger partial charge in [0.2, 0.25) is 0 Å². The number of rotatable bonds is 8. The molecule has 0 aliphatic carbocycles. The van der Waals surface area contributed by atoms with Crippen molar-refractivity contribution in [3.05, 3.63) is 50.3 Å². The van der Waals surface area contributed by atoms with Crippen molar-refractivity contribution >= 4 is 22.7 Å². The second-order valence-corrected chi connectivity index (χ2v) is 6.51. The van der Waals surface area contributed by atoms with Gasteiger partial charge >= 0.3 is 0 Å². The van der Waals surface area contributed by atoms with E-state index in [4.69, 9.17) is 0 Å². The fourth-order valence-corrected chi connectivity index (χ4v) is 3.19. The van der Waals surface area contributed by atoms with Crippen molar-refractivity contribution in [3.8, 4) is 0 Å². The standard InChI is InChI=1S/C17H23N3O2S/c1-3-4-5-6-7-10-19-11-12-23-17(19)18-16-9-8-15(20(21)22)13-14(16)2/h8-9,11-13H,3-7,10H2,1-2H3. The second kappa shape index (κ2) is 8.62. The number of aryl methyl sites for hydroxylation is 2. The van der Waals surface area contributed by atoms with E-state index in [1.165, 1.54) is 31.7 Å². The van der Waals surface area contributed by atoms with Crippen LogP contribution in [0.4, 0.5) is 11.4 Å². The Bertz CT molecular complexity index is 719. The number of aromatic nitrogens is 1. The van der Waals surface area contributed by atoms with E-state index in [1.54, 1.807) is 23.5 Å². The summed E-state index contributed by atoms with van der Waals surface area (Å²) in [5.41, 5.74) is 1.72. The molecule has 0 radical (unpaired) electrons. The summed E-state index contributed by atoms with van der Waals surface area (Å²) >= 11 is 1.59. The van der Waals surface area contributed by atoms with E-state index < -0.39 is 0 Å².